The predicted octanol–water partition coefficient (Wildman–Crippen LogP) is 2.52. The van der Waals surface area contributed by atoms with Crippen molar-refractivity contribution in [2.24, 2.45) is 5.73 Å². The van der Waals surface area contributed by atoms with Gasteiger partial charge in [0, 0.05) is 36.4 Å². The molecule has 0 aliphatic rings. The summed E-state index contributed by atoms with van der Waals surface area (Å²) >= 11 is 1.54. The predicted molar refractivity (Wildman–Crippen MR) is 95.2 cm³/mol. The molecule has 0 bridgehead atoms. The second-order valence-corrected chi connectivity index (χ2v) is 6.22. The number of pyridine rings is 1. The van der Waals surface area contributed by atoms with Crippen molar-refractivity contribution in [3.63, 3.8) is 0 Å². The summed E-state index contributed by atoms with van der Waals surface area (Å²) in [4.78, 5) is 20.6. The summed E-state index contributed by atoms with van der Waals surface area (Å²) in [6.45, 7) is 1.00. The van der Waals surface area contributed by atoms with E-state index in [0.29, 0.717) is 13.1 Å². The van der Waals surface area contributed by atoms with E-state index in [2.05, 4.69) is 15.3 Å². The molecular formula is C18H18N4OS. The highest BCUT2D eigenvalue weighted by Crippen LogP contribution is 2.24. The van der Waals surface area contributed by atoms with Gasteiger partial charge in [0.2, 0.25) is 5.91 Å². The Morgan fingerprint density at radius 3 is 2.71 bits per heavy atom. The Balaban J connectivity index is 1.58. The number of nitrogens with two attached hydrogens (primary N) is 1. The first-order valence-corrected chi connectivity index (χ1v) is 8.52. The molecule has 3 N–H and O–H groups in total. The van der Waals surface area contributed by atoms with Gasteiger partial charge in [0.1, 0.15) is 5.01 Å². The summed E-state index contributed by atoms with van der Waals surface area (Å²) in [5, 5.41) is 5.72. The third kappa shape index (κ3) is 4.24. The number of nitrogens with zero attached hydrogens (tertiary/aromatic N) is 2. The lowest BCUT2D eigenvalue weighted by Gasteiger charge is -2.03. The average Bonchev–Trinajstić information content (AvgIpc) is 3.09. The number of rotatable bonds is 6. The second-order valence-electron chi connectivity index (χ2n) is 5.36. The fourth-order valence-electron chi connectivity index (χ4n) is 2.23. The summed E-state index contributed by atoms with van der Waals surface area (Å²) < 4.78 is 0. The summed E-state index contributed by atoms with van der Waals surface area (Å²) in [6, 6.07) is 11.8. The van der Waals surface area contributed by atoms with Gasteiger partial charge < -0.3 is 11.1 Å². The van der Waals surface area contributed by atoms with Crippen molar-refractivity contribution >= 4 is 17.2 Å². The minimum absolute atomic E-state index is 0.0471. The van der Waals surface area contributed by atoms with Crippen molar-refractivity contribution in [3.8, 4) is 10.6 Å². The van der Waals surface area contributed by atoms with Crippen LogP contribution in [0.25, 0.3) is 10.6 Å². The van der Waals surface area contributed by atoms with Crippen molar-refractivity contribution in [2.75, 3.05) is 0 Å². The lowest BCUT2D eigenvalue weighted by molar-refractivity contribution is -0.120. The van der Waals surface area contributed by atoms with Gasteiger partial charge in [-0.25, -0.2) is 4.98 Å². The zero-order valence-corrected chi connectivity index (χ0v) is 13.9. The third-order valence-corrected chi connectivity index (χ3v) is 4.48. The van der Waals surface area contributed by atoms with Crippen LogP contribution in [0.4, 0.5) is 0 Å². The molecule has 24 heavy (non-hydrogen) atoms. The molecule has 3 rings (SSSR count). The van der Waals surface area contributed by atoms with Gasteiger partial charge in [-0.3, -0.25) is 9.78 Å². The van der Waals surface area contributed by atoms with Crippen molar-refractivity contribution in [2.45, 2.75) is 19.5 Å². The Morgan fingerprint density at radius 1 is 1.17 bits per heavy atom. The molecule has 0 saturated heterocycles. The smallest absolute Gasteiger partial charge is 0.226 e. The highest BCUT2D eigenvalue weighted by molar-refractivity contribution is 7.13. The first-order valence-electron chi connectivity index (χ1n) is 7.64. The number of benzene rings is 1. The molecule has 0 aliphatic heterocycles. The summed E-state index contributed by atoms with van der Waals surface area (Å²) in [7, 11) is 0. The van der Waals surface area contributed by atoms with Crippen LogP contribution < -0.4 is 11.1 Å². The Morgan fingerprint density at radius 2 is 2.00 bits per heavy atom. The molecule has 0 atom stereocenters. The van der Waals surface area contributed by atoms with Crippen LogP contribution in [0.2, 0.25) is 0 Å². The molecule has 2 aromatic heterocycles. The number of nitrogens with one attached hydrogen (secondary N) is 1. The molecule has 0 unspecified atom stereocenters. The van der Waals surface area contributed by atoms with E-state index < -0.39 is 0 Å². The molecule has 0 aliphatic carbocycles. The fourth-order valence-corrected chi connectivity index (χ4v) is 3.06. The third-order valence-electron chi connectivity index (χ3n) is 3.54. The molecule has 1 aromatic carbocycles. The van der Waals surface area contributed by atoms with E-state index in [1.54, 1.807) is 23.7 Å². The molecular weight excluding hydrogens is 320 g/mol. The van der Waals surface area contributed by atoms with E-state index >= 15 is 0 Å². The monoisotopic (exact) mass is 338 g/mol. The normalized spacial score (nSPS) is 10.5. The average molecular weight is 338 g/mol. The molecule has 3 aromatic rings. The summed E-state index contributed by atoms with van der Waals surface area (Å²) in [6.07, 6.45) is 3.73. The molecule has 0 fully saturated rings. The van der Waals surface area contributed by atoms with Crippen LogP contribution in [0.1, 0.15) is 16.8 Å². The maximum Gasteiger partial charge on any atom is 0.226 e. The highest BCUT2D eigenvalue weighted by atomic mass is 32.1. The van der Waals surface area contributed by atoms with Gasteiger partial charge in [0.25, 0.3) is 0 Å². The molecule has 0 saturated carbocycles. The number of thiazole rings is 1. The van der Waals surface area contributed by atoms with Crippen molar-refractivity contribution in [3.05, 3.63) is 71.0 Å². The number of carbonyl (C=O) groups is 1. The van der Waals surface area contributed by atoms with Crippen LogP contribution in [-0.4, -0.2) is 15.9 Å². The Hall–Kier alpha value is -2.57. The summed E-state index contributed by atoms with van der Waals surface area (Å²) in [5.41, 5.74) is 9.49. The van der Waals surface area contributed by atoms with Crippen LogP contribution in [-0.2, 0) is 24.3 Å². The lowest BCUT2D eigenvalue weighted by Crippen LogP contribution is -2.24. The first kappa shape index (κ1) is 16.3. The van der Waals surface area contributed by atoms with E-state index in [1.165, 1.54) is 0 Å². The van der Waals surface area contributed by atoms with Gasteiger partial charge in [-0.1, -0.05) is 30.3 Å². The number of amides is 1. The number of aromatic nitrogens is 2. The zero-order valence-electron chi connectivity index (χ0n) is 13.1. The maximum absolute atomic E-state index is 12.0. The van der Waals surface area contributed by atoms with Gasteiger partial charge in [-0.05, 0) is 17.2 Å². The molecule has 1 amide bonds. The minimum atomic E-state index is -0.0471. The van der Waals surface area contributed by atoms with E-state index in [-0.39, 0.29) is 12.3 Å². The number of carbonyl (C=O) groups excluding carboxylic acids is 1. The van der Waals surface area contributed by atoms with Crippen LogP contribution >= 0.6 is 11.3 Å². The lowest BCUT2D eigenvalue weighted by atomic mass is 10.1. The van der Waals surface area contributed by atoms with Crippen molar-refractivity contribution < 1.29 is 4.79 Å². The second kappa shape index (κ2) is 7.81. The maximum atomic E-state index is 12.0. The van der Waals surface area contributed by atoms with Crippen LogP contribution in [0.3, 0.4) is 0 Å². The fraction of sp³-hybridized carbons (Fsp3) is 0.167. The Labute approximate surface area is 144 Å². The topological polar surface area (TPSA) is 80.9 Å². The van der Waals surface area contributed by atoms with Gasteiger partial charge in [0.15, 0.2) is 0 Å². The van der Waals surface area contributed by atoms with E-state index in [9.17, 15) is 4.79 Å². The van der Waals surface area contributed by atoms with Crippen LogP contribution in [0.5, 0.6) is 0 Å². The molecule has 0 radical (unpaired) electrons. The van der Waals surface area contributed by atoms with Crippen LogP contribution in [0.15, 0.2) is 54.2 Å². The highest BCUT2D eigenvalue weighted by Gasteiger charge is 2.09. The molecule has 5 nitrogen and oxygen atoms in total. The zero-order chi connectivity index (χ0) is 16.8. The quantitative estimate of drug-likeness (QED) is 0.724. The molecule has 2 heterocycles. The first-order chi connectivity index (χ1) is 11.7. The van der Waals surface area contributed by atoms with Gasteiger partial charge in [0.05, 0.1) is 12.1 Å². The van der Waals surface area contributed by atoms with E-state index in [0.717, 1.165) is 27.4 Å². The largest absolute Gasteiger partial charge is 0.352 e. The van der Waals surface area contributed by atoms with E-state index in [4.69, 9.17) is 5.73 Å². The molecule has 122 valence electrons. The van der Waals surface area contributed by atoms with Crippen molar-refractivity contribution in [1.82, 2.24) is 15.3 Å². The molecule has 6 heteroatoms. The number of hydrogen-bond acceptors (Lipinski definition) is 5. The minimum Gasteiger partial charge on any atom is -0.352 e. The molecule has 0 spiro atoms. The van der Waals surface area contributed by atoms with Crippen LogP contribution in [0, 0.1) is 0 Å². The SMILES string of the molecule is NCc1ccc(-c2nc(CC(=O)NCc3cccnc3)cs2)cc1. The number of hydrogen-bond donors (Lipinski definition) is 2. The standard InChI is InChI=1S/C18H18N4OS/c19-9-13-3-5-15(6-4-13)18-22-16(12-24-18)8-17(23)21-11-14-2-1-7-20-10-14/h1-7,10,12H,8-9,11,19H2,(H,21,23). The summed E-state index contributed by atoms with van der Waals surface area (Å²) in [5.74, 6) is -0.0471. The van der Waals surface area contributed by atoms with E-state index in [1.807, 2.05) is 41.8 Å². The van der Waals surface area contributed by atoms with Gasteiger partial charge >= 0.3 is 0 Å². The van der Waals surface area contributed by atoms with Gasteiger partial charge in [-0.2, -0.15) is 0 Å². The van der Waals surface area contributed by atoms with Gasteiger partial charge in [-0.15, -0.1) is 11.3 Å². The Kier molecular flexibility index (Phi) is 5.30. The van der Waals surface area contributed by atoms with Crippen molar-refractivity contribution in [1.29, 1.82) is 0 Å². The Bertz CT molecular complexity index is 799.